The normalized spacial score (nSPS) is 18.1. The van der Waals surface area contributed by atoms with Gasteiger partial charge in [0.05, 0.1) is 26.0 Å². The van der Waals surface area contributed by atoms with E-state index < -0.39 is 5.97 Å². The van der Waals surface area contributed by atoms with Gasteiger partial charge in [-0.1, -0.05) is 39.3 Å². The SMILES string of the molecule is COc1cc(NCc2cccc(OC)c2Oc2ncccc2C(=O)O)ccc1NC(=O)COC1CC(C)CCC1C(C)C. The molecular formula is C33H41N3O7. The molecule has 1 aromatic heterocycles. The monoisotopic (exact) mass is 591 g/mol. The van der Waals surface area contributed by atoms with E-state index in [4.69, 9.17) is 18.9 Å². The molecule has 0 spiro atoms. The van der Waals surface area contributed by atoms with Gasteiger partial charge in [-0.05, 0) is 60.9 Å². The first-order chi connectivity index (χ1) is 20.7. The molecule has 1 heterocycles. The summed E-state index contributed by atoms with van der Waals surface area (Å²) in [5.41, 5.74) is 1.93. The standard InChI is InChI=1S/C33H41N3O7/c1-20(2)24-13-11-21(3)16-28(24)42-19-30(37)36-26-14-12-23(17-29(26)41-5)35-18-22-8-6-10-27(40-4)31(22)43-32-25(33(38)39)9-7-15-34-32/h6-10,12,14-15,17,20-21,24,28,35H,11,13,16,18-19H2,1-5H3,(H,36,37)(H,38,39). The number of aromatic nitrogens is 1. The first-order valence-electron chi connectivity index (χ1n) is 14.6. The van der Waals surface area contributed by atoms with Crippen LogP contribution in [0.5, 0.6) is 23.1 Å². The zero-order valence-electron chi connectivity index (χ0n) is 25.4. The lowest BCUT2D eigenvalue weighted by molar-refractivity contribution is -0.126. The van der Waals surface area contributed by atoms with Gasteiger partial charge in [-0.25, -0.2) is 9.78 Å². The molecule has 1 amide bonds. The van der Waals surface area contributed by atoms with E-state index >= 15 is 0 Å². The minimum Gasteiger partial charge on any atom is -0.494 e. The predicted molar refractivity (Wildman–Crippen MR) is 164 cm³/mol. The number of amides is 1. The molecule has 1 aliphatic rings. The van der Waals surface area contributed by atoms with E-state index in [1.807, 2.05) is 18.2 Å². The lowest BCUT2D eigenvalue weighted by Gasteiger charge is -2.37. The maximum Gasteiger partial charge on any atom is 0.341 e. The molecular weight excluding hydrogens is 550 g/mol. The van der Waals surface area contributed by atoms with Crippen molar-refractivity contribution in [2.75, 3.05) is 31.5 Å². The van der Waals surface area contributed by atoms with Crippen molar-refractivity contribution >= 4 is 23.3 Å². The van der Waals surface area contributed by atoms with Crippen molar-refractivity contribution in [2.24, 2.45) is 17.8 Å². The summed E-state index contributed by atoms with van der Waals surface area (Å²) in [7, 11) is 3.06. The quantitative estimate of drug-likeness (QED) is 0.201. The fraction of sp³-hybridized carbons (Fsp3) is 0.424. The molecule has 230 valence electrons. The number of carboxylic acids is 1. The Hall–Kier alpha value is -4.31. The molecule has 4 rings (SSSR count). The maximum absolute atomic E-state index is 12.8. The van der Waals surface area contributed by atoms with E-state index in [0.29, 0.717) is 52.8 Å². The molecule has 10 nitrogen and oxygen atoms in total. The molecule has 3 aromatic rings. The molecule has 3 N–H and O–H groups in total. The van der Waals surface area contributed by atoms with Crippen molar-refractivity contribution < 1.29 is 33.6 Å². The number of benzene rings is 2. The number of nitrogens with one attached hydrogen (secondary N) is 2. The van der Waals surface area contributed by atoms with Gasteiger partial charge in [0.15, 0.2) is 11.5 Å². The zero-order valence-corrected chi connectivity index (χ0v) is 25.4. The number of pyridine rings is 1. The summed E-state index contributed by atoms with van der Waals surface area (Å²) in [5, 5.41) is 15.8. The highest BCUT2D eigenvalue weighted by atomic mass is 16.5. The van der Waals surface area contributed by atoms with Crippen molar-refractivity contribution in [2.45, 2.75) is 52.7 Å². The summed E-state index contributed by atoms with van der Waals surface area (Å²) in [6.45, 7) is 6.99. The highest BCUT2D eigenvalue weighted by molar-refractivity contribution is 5.93. The summed E-state index contributed by atoms with van der Waals surface area (Å²) in [5.74, 6) is 1.43. The lowest BCUT2D eigenvalue weighted by Crippen LogP contribution is -2.36. The third kappa shape index (κ3) is 8.16. The number of anilines is 2. The van der Waals surface area contributed by atoms with Crippen LogP contribution in [0.4, 0.5) is 11.4 Å². The van der Waals surface area contributed by atoms with E-state index in [1.54, 1.807) is 25.3 Å². The van der Waals surface area contributed by atoms with E-state index in [0.717, 1.165) is 18.5 Å². The molecule has 2 aromatic carbocycles. The number of methoxy groups -OCH3 is 2. The first kappa shape index (κ1) is 31.6. The summed E-state index contributed by atoms with van der Waals surface area (Å²) < 4.78 is 23.1. The Balaban J connectivity index is 1.42. The Kier molecular flexibility index (Phi) is 10.8. The Bertz CT molecular complexity index is 1410. The van der Waals surface area contributed by atoms with Crippen LogP contribution in [0.15, 0.2) is 54.7 Å². The smallest absolute Gasteiger partial charge is 0.341 e. The van der Waals surface area contributed by atoms with Crippen LogP contribution in [0, 0.1) is 17.8 Å². The topological polar surface area (TPSA) is 128 Å². The van der Waals surface area contributed by atoms with E-state index in [2.05, 4.69) is 36.4 Å². The number of hydrogen-bond acceptors (Lipinski definition) is 8. The zero-order chi connectivity index (χ0) is 30.9. The predicted octanol–water partition coefficient (Wildman–Crippen LogP) is 6.62. The van der Waals surface area contributed by atoms with Gasteiger partial charge >= 0.3 is 5.97 Å². The largest absolute Gasteiger partial charge is 0.494 e. The van der Waals surface area contributed by atoms with Crippen molar-refractivity contribution in [1.29, 1.82) is 0 Å². The Morgan fingerprint density at radius 2 is 1.84 bits per heavy atom. The number of aromatic carboxylic acids is 1. The summed E-state index contributed by atoms with van der Waals surface area (Å²) >= 11 is 0. The Labute approximate surface area is 252 Å². The molecule has 1 fully saturated rings. The van der Waals surface area contributed by atoms with Gasteiger partial charge in [-0.3, -0.25) is 4.79 Å². The molecule has 43 heavy (non-hydrogen) atoms. The van der Waals surface area contributed by atoms with Gasteiger partial charge < -0.3 is 34.7 Å². The van der Waals surface area contributed by atoms with Gasteiger partial charge in [-0.2, -0.15) is 0 Å². The fourth-order valence-electron chi connectivity index (χ4n) is 5.49. The van der Waals surface area contributed by atoms with E-state index in [-0.39, 0.29) is 30.1 Å². The first-order valence-corrected chi connectivity index (χ1v) is 14.6. The van der Waals surface area contributed by atoms with Crippen molar-refractivity contribution in [3.05, 3.63) is 65.9 Å². The minimum absolute atomic E-state index is 0.0117. The van der Waals surface area contributed by atoms with Crippen LogP contribution in [-0.2, 0) is 16.1 Å². The van der Waals surface area contributed by atoms with Crippen molar-refractivity contribution in [3.8, 4) is 23.1 Å². The fourth-order valence-corrected chi connectivity index (χ4v) is 5.49. The third-order valence-electron chi connectivity index (χ3n) is 7.83. The van der Waals surface area contributed by atoms with E-state index in [9.17, 15) is 14.7 Å². The van der Waals surface area contributed by atoms with Gasteiger partial charge in [0, 0.05) is 30.1 Å². The highest BCUT2D eigenvalue weighted by Gasteiger charge is 2.31. The Morgan fingerprint density at radius 1 is 1.05 bits per heavy atom. The van der Waals surface area contributed by atoms with Gasteiger partial charge in [0.25, 0.3) is 0 Å². The number of nitrogens with zero attached hydrogens (tertiary/aromatic N) is 1. The number of carbonyl (C=O) groups excluding carboxylic acids is 1. The van der Waals surface area contributed by atoms with Crippen molar-refractivity contribution in [3.63, 3.8) is 0 Å². The number of para-hydroxylation sites is 1. The van der Waals surface area contributed by atoms with Crippen LogP contribution < -0.4 is 24.8 Å². The van der Waals surface area contributed by atoms with Crippen LogP contribution in [-0.4, -0.2) is 48.9 Å². The molecule has 1 saturated carbocycles. The van der Waals surface area contributed by atoms with Gasteiger partial charge in [0.2, 0.25) is 11.8 Å². The second kappa shape index (κ2) is 14.7. The number of hydrogen-bond donors (Lipinski definition) is 3. The van der Waals surface area contributed by atoms with Crippen LogP contribution in [0.2, 0.25) is 0 Å². The average molecular weight is 592 g/mol. The summed E-state index contributed by atoms with van der Waals surface area (Å²) in [6, 6.07) is 13.7. The van der Waals surface area contributed by atoms with Crippen LogP contribution >= 0.6 is 0 Å². The molecule has 0 radical (unpaired) electrons. The minimum atomic E-state index is -1.15. The molecule has 1 aliphatic carbocycles. The molecule has 3 atom stereocenters. The molecule has 0 bridgehead atoms. The van der Waals surface area contributed by atoms with Crippen LogP contribution in [0.3, 0.4) is 0 Å². The van der Waals surface area contributed by atoms with Gasteiger partial charge in [0.1, 0.15) is 17.9 Å². The molecule has 3 unspecified atom stereocenters. The highest BCUT2D eigenvalue weighted by Crippen LogP contribution is 2.37. The number of ether oxygens (including phenoxy) is 4. The number of carboxylic acid groups (broad SMARTS) is 1. The maximum atomic E-state index is 12.8. The van der Waals surface area contributed by atoms with Crippen LogP contribution in [0.25, 0.3) is 0 Å². The number of rotatable bonds is 13. The van der Waals surface area contributed by atoms with Crippen molar-refractivity contribution in [1.82, 2.24) is 4.98 Å². The summed E-state index contributed by atoms with van der Waals surface area (Å²) in [4.78, 5) is 28.6. The number of carbonyl (C=O) groups is 2. The Morgan fingerprint density at radius 3 is 2.56 bits per heavy atom. The second-order valence-electron chi connectivity index (χ2n) is 11.2. The van der Waals surface area contributed by atoms with Gasteiger partial charge in [-0.15, -0.1) is 0 Å². The molecule has 10 heteroatoms. The molecule has 0 aliphatic heterocycles. The van der Waals surface area contributed by atoms with E-state index in [1.165, 1.54) is 31.9 Å². The van der Waals surface area contributed by atoms with Crippen LogP contribution in [0.1, 0.15) is 56.0 Å². The second-order valence-corrected chi connectivity index (χ2v) is 11.2. The average Bonchev–Trinajstić information content (AvgIpc) is 3.00. The molecule has 0 saturated heterocycles. The third-order valence-corrected chi connectivity index (χ3v) is 7.83. The summed E-state index contributed by atoms with van der Waals surface area (Å²) in [6.07, 6.45) is 4.86. The lowest BCUT2D eigenvalue weighted by atomic mass is 9.75.